The number of likely N-dealkylation sites (N-methyl/N-ethyl adjacent to an activating group) is 1. The second kappa shape index (κ2) is 10.2. The van der Waals surface area contributed by atoms with E-state index in [-0.39, 0.29) is 29.6 Å². The van der Waals surface area contributed by atoms with Gasteiger partial charge in [-0.1, -0.05) is 54.6 Å². The van der Waals surface area contributed by atoms with Crippen LogP contribution in [0.3, 0.4) is 0 Å². The van der Waals surface area contributed by atoms with Crippen molar-refractivity contribution >= 4 is 17.7 Å². The van der Waals surface area contributed by atoms with Gasteiger partial charge in [0.1, 0.15) is 6.04 Å². The molecule has 7 nitrogen and oxygen atoms in total. The van der Waals surface area contributed by atoms with Gasteiger partial charge in [0.25, 0.3) is 0 Å². The number of nitrogens with two attached hydrogens (primary N) is 1. The third-order valence-electron chi connectivity index (χ3n) is 8.83. The van der Waals surface area contributed by atoms with Gasteiger partial charge >= 0.3 is 0 Å². The Labute approximate surface area is 225 Å². The molecule has 3 atom stereocenters. The minimum atomic E-state index is -1.09. The molecule has 2 aromatic rings. The predicted octanol–water partition coefficient (Wildman–Crippen LogP) is 2.88. The summed E-state index contributed by atoms with van der Waals surface area (Å²) in [4.78, 5) is 44.4. The van der Waals surface area contributed by atoms with Gasteiger partial charge in [-0.2, -0.15) is 0 Å². The maximum atomic E-state index is 14.1. The number of carbonyl (C=O) groups excluding carboxylic acids is 3. The molecule has 3 aliphatic rings. The molecule has 7 heteroatoms. The smallest absolute Gasteiger partial charge is 0.245 e. The monoisotopic (exact) mass is 516 g/mol. The van der Waals surface area contributed by atoms with Gasteiger partial charge in [-0.15, -0.1) is 0 Å². The third kappa shape index (κ3) is 4.96. The van der Waals surface area contributed by atoms with Crippen LogP contribution < -0.4 is 11.1 Å². The number of nitrogens with one attached hydrogen (secondary N) is 1. The third-order valence-corrected chi connectivity index (χ3v) is 8.83. The van der Waals surface area contributed by atoms with Crippen LogP contribution in [-0.2, 0) is 27.2 Å². The Morgan fingerprint density at radius 3 is 2.34 bits per heavy atom. The van der Waals surface area contributed by atoms with Crippen molar-refractivity contribution in [3.63, 3.8) is 0 Å². The van der Waals surface area contributed by atoms with Crippen molar-refractivity contribution in [2.75, 3.05) is 26.7 Å². The SMILES string of the molecule is CN1C[C@@H](c2ccccc2)[C@@]2(CCCN(C(=O)C(CC3Cc4ccccc4C3)NC(=O)C(C)(C)N)C2)C1=O. The quantitative estimate of drug-likeness (QED) is 0.617. The van der Waals surface area contributed by atoms with Gasteiger partial charge in [-0.25, -0.2) is 0 Å². The van der Waals surface area contributed by atoms with Crippen molar-refractivity contribution in [1.29, 1.82) is 0 Å². The van der Waals surface area contributed by atoms with Crippen LogP contribution in [0.1, 0.15) is 55.7 Å². The molecule has 2 fully saturated rings. The molecule has 1 spiro atoms. The molecule has 5 rings (SSSR count). The van der Waals surface area contributed by atoms with Crippen molar-refractivity contribution in [3.8, 4) is 0 Å². The second-order valence-electron chi connectivity index (χ2n) is 12.2. The predicted molar refractivity (Wildman–Crippen MR) is 147 cm³/mol. The normalized spacial score (nSPS) is 24.5. The number of rotatable bonds is 6. The molecule has 2 aliphatic heterocycles. The van der Waals surface area contributed by atoms with E-state index in [9.17, 15) is 14.4 Å². The molecule has 2 heterocycles. The Morgan fingerprint density at radius 2 is 1.71 bits per heavy atom. The first-order valence-electron chi connectivity index (χ1n) is 13.8. The summed E-state index contributed by atoms with van der Waals surface area (Å²) >= 11 is 0. The molecule has 3 amide bonds. The summed E-state index contributed by atoms with van der Waals surface area (Å²) in [6.07, 6.45) is 3.85. The zero-order valence-corrected chi connectivity index (χ0v) is 22.8. The fourth-order valence-electron chi connectivity index (χ4n) is 6.84. The number of benzene rings is 2. The summed E-state index contributed by atoms with van der Waals surface area (Å²) in [5, 5.41) is 3.00. The topological polar surface area (TPSA) is 95.7 Å². The molecule has 1 unspecified atom stereocenters. The van der Waals surface area contributed by atoms with E-state index in [1.54, 1.807) is 13.8 Å². The first kappa shape index (κ1) is 26.4. The minimum Gasteiger partial charge on any atom is -0.345 e. The van der Waals surface area contributed by atoms with E-state index in [0.29, 0.717) is 26.1 Å². The van der Waals surface area contributed by atoms with Crippen LogP contribution in [0.4, 0.5) is 0 Å². The average molecular weight is 517 g/mol. The standard InChI is InChI=1S/C31H40N4O3/c1-30(2,32)28(37)33-26(18-21-16-23-12-7-8-13-24(23)17-21)27(36)35-15-9-14-31(20-35)25(19-34(3)29(31)38)22-10-5-4-6-11-22/h4-8,10-13,21,25-26H,9,14-20,32H2,1-3H3,(H,33,37)/t25-,26?,31-/m0/s1. The molecule has 0 aromatic heterocycles. The van der Waals surface area contributed by atoms with Gasteiger partial charge in [0, 0.05) is 32.6 Å². The van der Waals surface area contributed by atoms with Gasteiger partial charge in [0.15, 0.2) is 0 Å². The number of hydrogen-bond acceptors (Lipinski definition) is 4. The molecule has 2 saturated heterocycles. The lowest BCUT2D eigenvalue weighted by atomic mass is 9.69. The fourth-order valence-corrected chi connectivity index (χ4v) is 6.84. The average Bonchev–Trinajstić information content (AvgIpc) is 3.42. The van der Waals surface area contributed by atoms with Crippen LogP contribution in [0, 0.1) is 11.3 Å². The van der Waals surface area contributed by atoms with E-state index < -0.39 is 17.0 Å². The van der Waals surface area contributed by atoms with Crippen LogP contribution in [0.15, 0.2) is 54.6 Å². The van der Waals surface area contributed by atoms with Crippen molar-refractivity contribution in [2.24, 2.45) is 17.1 Å². The lowest BCUT2D eigenvalue weighted by Gasteiger charge is -2.43. The highest BCUT2D eigenvalue weighted by Crippen LogP contribution is 2.49. The zero-order chi connectivity index (χ0) is 27.1. The van der Waals surface area contributed by atoms with Crippen molar-refractivity contribution < 1.29 is 14.4 Å². The van der Waals surface area contributed by atoms with E-state index in [1.165, 1.54) is 11.1 Å². The number of piperidine rings is 1. The molecular weight excluding hydrogens is 476 g/mol. The number of carbonyl (C=O) groups is 3. The van der Waals surface area contributed by atoms with Crippen LogP contribution in [0.5, 0.6) is 0 Å². The van der Waals surface area contributed by atoms with Crippen molar-refractivity contribution in [3.05, 3.63) is 71.3 Å². The van der Waals surface area contributed by atoms with Crippen LogP contribution in [-0.4, -0.2) is 65.8 Å². The molecular formula is C31H40N4O3. The van der Waals surface area contributed by atoms with Gasteiger partial charge in [-0.3, -0.25) is 14.4 Å². The van der Waals surface area contributed by atoms with Crippen molar-refractivity contribution in [2.45, 2.75) is 63.5 Å². The number of likely N-dealkylation sites (tertiary alicyclic amines) is 2. The molecule has 0 radical (unpaired) electrons. The summed E-state index contributed by atoms with van der Waals surface area (Å²) in [5.41, 5.74) is 8.14. The summed E-state index contributed by atoms with van der Waals surface area (Å²) in [6, 6.07) is 17.9. The summed E-state index contributed by atoms with van der Waals surface area (Å²) in [7, 11) is 1.86. The maximum absolute atomic E-state index is 14.1. The molecule has 2 aromatic carbocycles. The Bertz CT molecular complexity index is 1180. The first-order valence-corrected chi connectivity index (χ1v) is 13.8. The molecule has 1 aliphatic carbocycles. The van der Waals surface area contributed by atoms with Gasteiger partial charge in [0.2, 0.25) is 17.7 Å². The van der Waals surface area contributed by atoms with E-state index in [4.69, 9.17) is 5.73 Å². The lowest BCUT2D eigenvalue weighted by molar-refractivity contribution is -0.146. The highest BCUT2D eigenvalue weighted by Gasteiger charge is 2.56. The van der Waals surface area contributed by atoms with E-state index >= 15 is 0 Å². The Hall–Kier alpha value is -3.19. The Balaban J connectivity index is 1.39. The van der Waals surface area contributed by atoms with Gasteiger partial charge in [0.05, 0.1) is 11.0 Å². The van der Waals surface area contributed by atoms with Gasteiger partial charge in [-0.05, 0) is 68.6 Å². The fraction of sp³-hybridized carbons (Fsp3) is 0.516. The Kier molecular flexibility index (Phi) is 7.07. The number of fused-ring (bicyclic) bond motifs is 1. The largest absolute Gasteiger partial charge is 0.345 e. The van der Waals surface area contributed by atoms with Crippen molar-refractivity contribution in [1.82, 2.24) is 15.1 Å². The number of amides is 3. The summed E-state index contributed by atoms with van der Waals surface area (Å²) in [5.74, 6) is -0.0442. The molecule has 0 bridgehead atoms. The van der Waals surface area contributed by atoms with E-state index in [2.05, 4.69) is 41.7 Å². The van der Waals surface area contributed by atoms with Crippen LogP contribution in [0.25, 0.3) is 0 Å². The highest BCUT2D eigenvalue weighted by atomic mass is 16.2. The van der Waals surface area contributed by atoms with E-state index in [1.807, 2.05) is 35.0 Å². The maximum Gasteiger partial charge on any atom is 0.245 e. The number of hydrogen-bond donors (Lipinski definition) is 2. The zero-order valence-electron chi connectivity index (χ0n) is 22.8. The molecule has 38 heavy (non-hydrogen) atoms. The summed E-state index contributed by atoms with van der Waals surface area (Å²) < 4.78 is 0. The first-order chi connectivity index (χ1) is 18.1. The molecule has 0 saturated carbocycles. The van der Waals surface area contributed by atoms with E-state index in [0.717, 1.165) is 31.2 Å². The second-order valence-corrected chi connectivity index (χ2v) is 12.2. The molecule has 3 N–H and O–H groups in total. The highest BCUT2D eigenvalue weighted by molar-refractivity contribution is 5.92. The minimum absolute atomic E-state index is 0.0251. The van der Waals surface area contributed by atoms with Crippen LogP contribution in [0.2, 0.25) is 0 Å². The number of nitrogens with zero attached hydrogens (tertiary/aromatic N) is 2. The molecule has 202 valence electrons. The Morgan fingerprint density at radius 1 is 1.08 bits per heavy atom. The van der Waals surface area contributed by atoms with Gasteiger partial charge < -0.3 is 20.9 Å². The summed E-state index contributed by atoms with van der Waals surface area (Å²) in [6.45, 7) is 4.91. The lowest BCUT2D eigenvalue weighted by Crippen LogP contribution is -2.59. The van der Waals surface area contributed by atoms with Crippen LogP contribution >= 0.6 is 0 Å².